The molecule has 1 N–H and O–H groups in total. The molecule has 1 aliphatic carbocycles. The molecule has 2 aliphatic rings. The Kier molecular flexibility index (Phi) is 4.65. The van der Waals surface area contributed by atoms with E-state index in [1.807, 2.05) is 4.90 Å². The second-order valence-electron chi connectivity index (χ2n) is 6.49. The zero-order chi connectivity index (χ0) is 14.8. The first-order valence-corrected chi connectivity index (χ1v) is 9.05. The Hall–Kier alpha value is -0.870. The summed E-state index contributed by atoms with van der Waals surface area (Å²) in [5, 5.41) is 9.55. The molecule has 1 aromatic rings. The number of aryl methyl sites for hydroxylation is 2. The van der Waals surface area contributed by atoms with Crippen molar-refractivity contribution >= 4 is 17.2 Å². The molecule has 0 radical (unpaired) electrons. The van der Waals surface area contributed by atoms with Gasteiger partial charge in [0.1, 0.15) is 0 Å². The minimum Gasteiger partial charge on any atom is -0.394 e. The van der Waals surface area contributed by atoms with Gasteiger partial charge < -0.3 is 10.0 Å². The number of hydrogen-bond acceptors (Lipinski definition) is 3. The van der Waals surface area contributed by atoms with E-state index in [1.165, 1.54) is 36.1 Å². The van der Waals surface area contributed by atoms with Gasteiger partial charge in [0.2, 0.25) is 0 Å². The summed E-state index contributed by atoms with van der Waals surface area (Å²) in [4.78, 5) is 17.0. The smallest absolute Gasteiger partial charge is 0.264 e. The molecule has 2 unspecified atom stereocenters. The monoisotopic (exact) mass is 307 g/mol. The van der Waals surface area contributed by atoms with E-state index in [9.17, 15) is 9.90 Å². The molecule has 0 spiro atoms. The number of rotatable bonds is 2. The SMILES string of the molecule is CC1CCN(C(=O)c2cc3c(s2)CCCCCC3)C1CO. The molecule has 1 aliphatic heterocycles. The molecule has 1 amide bonds. The summed E-state index contributed by atoms with van der Waals surface area (Å²) in [6.07, 6.45) is 8.39. The minimum atomic E-state index is 0.00202. The van der Waals surface area contributed by atoms with Crippen molar-refractivity contribution in [3.05, 3.63) is 21.4 Å². The highest BCUT2D eigenvalue weighted by atomic mass is 32.1. The van der Waals surface area contributed by atoms with E-state index in [0.717, 1.165) is 30.7 Å². The van der Waals surface area contributed by atoms with E-state index < -0.39 is 0 Å². The number of amides is 1. The third-order valence-corrected chi connectivity index (χ3v) is 6.26. The van der Waals surface area contributed by atoms with Crippen LogP contribution in [0.3, 0.4) is 0 Å². The number of carbonyl (C=O) groups excluding carboxylic acids is 1. The first kappa shape index (κ1) is 15.0. The second-order valence-corrected chi connectivity index (χ2v) is 7.62. The van der Waals surface area contributed by atoms with Gasteiger partial charge in [0.15, 0.2) is 0 Å². The van der Waals surface area contributed by atoms with Gasteiger partial charge in [0, 0.05) is 11.4 Å². The van der Waals surface area contributed by atoms with Crippen LogP contribution in [-0.4, -0.2) is 35.1 Å². The van der Waals surface area contributed by atoms with E-state index in [4.69, 9.17) is 0 Å². The molecule has 2 atom stereocenters. The Bertz CT molecular complexity index is 485. The fraction of sp³-hybridized carbons (Fsp3) is 0.706. The average Bonchev–Trinajstić information content (AvgIpc) is 3.01. The topological polar surface area (TPSA) is 40.5 Å². The lowest BCUT2D eigenvalue weighted by atomic mass is 9.99. The number of thiophene rings is 1. The van der Waals surface area contributed by atoms with Crippen molar-refractivity contribution in [3.63, 3.8) is 0 Å². The van der Waals surface area contributed by atoms with Crippen molar-refractivity contribution < 1.29 is 9.90 Å². The number of likely N-dealkylation sites (tertiary alicyclic amines) is 1. The summed E-state index contributed by atoms with van der Waals surface area (Å²) >= 11 is 1.69. The van der Waals surface area contributed by atoms with Gasteiger partial charge in [-0.3, -0.25) is 4.79 Å². The van der Waals surface area contributed by atoms with Gasteiger partial charge in [-0.25, -0.2) is 0 Å². The first-order valence-electron chi connectivity index (χ1n) is 8.24. The lowest BCUT2D eigenvalue weighted by molar-refractivity contribution is 0.0653. The standard InChI is InChI=1S/C17H25NO2S/c1-12-8-9-18(14(12)11-19)17(20)16-10-13-6-4-2-3-5-7-15(13)21-16/h10,12,14,19H,2-9,11H2,1H3. The van der Waals surface area contributed by atoms with Crippen LogP contribution in [0.5, 0.6) is 0 Å². The van der Waals surface area contributed by atoms with Crippen molar-refractivity contribution in [3.8, 4) is 0 Å². The average molecular weight is 307 g/mol. The third kappa shape index (κ3) is 3.02. The fourth-order valence-corrected chi connectivity index (χ4v) is 4.84. The van der Waals surface area contributed by atoms with E-state index in [-0.39, 0.29) is 18.6 Å². The van der Waals surface area contributed by atoms with Gasteiger partial charge in [-0.15, -0.1) is 11.3 Å². The van der Waals surface area contributed by atoms with E-state index >= 15 is 0 Å². The Morgan fingerprint density at radius 1 is 1.33 bits per heavy atom. The molecule has 4 heteroatoms. The molecule has 21 heavy (non-hydrogen) atoms. The summed E-state index contributed by atoms with van der Waals surface area (Å²) in [5.41, 5.74) is 1.40. The maximum Gasteiger partial charge on any atom is 0.264 e. The molecule has 1 fully saturated rings. The van der Waals surface area contributed by atoms with Crippen LogP contribution < -0.4 is 0 Å². The van der Waals surface area contributed by atoms with Crippen LogP contribution in [0.15, 0.2) is 6.07 Å². The van der Waals surface area contributed by atoms with Crippen molar-refractivity contribution in [2.75, 3.05) is 13.2 Å². The van der Waals surface area contributed by atoms with Crippen LogP contribution in [0.4, 0.5) is 0 Å². The maximum atomic E-state index is 12.8. The quantitative estimate of drug-likeness (QED) is 0.911. The molecule has 1 saturated heterocycles. The Morgan fingerprint density at radius 2 is 2.10 bits per heavy atom. The summed E-state index contributed by atoms with van der Waals surface area (Å²) in [6, 6.07) is 2.13. The number of hydrogen-bond donors (Lipinski definition) is 1. The lowest BCUT2D eigenvalue weighted by Gasteiger charge is -2.24. The molecule has 3 nitrogen and oxygen atoms in total. The molecule has 116 valence electrons. The van der Waals surface area contributed by atoms with Crippen molar-refractivity contribution in [1.82, 2.24) is 4.90 Å². The van der Waals surface area contributed by atoms with Crippen LogP contribution in [0.25, 0.3) is 0 Å². The predicted molar refractivity (Wildman–Crippen MR) is 85.9 cm³/mol. The van der Waals surface area contributed by atoms with Crippen molar-refractivity contribution in [1.29, 1.82) is 0 Å². The molecular weight excluding hydrogens is 282 g/mol. The summed E-state index contributed by atoms with van der Waals surface area (Å²) in [5.74, 6) is 0.537. The van der Waals surface area contributed by atoms with E-state index in [2.05, 4.69) is 13.0 Å². The van der Waals surface area contributed by atoms with Crippen LogP contribution in [0.2, 0.25) is 0 Å². The van der Waals surface area contributed by atoms with Gasteiger partial charge in [-0.1, -0.05) is 19.8 Å². The normalized spacial score (nSPS) is 26.3. The lowest BCUT2D eigenvalue weighted by Crippen LogP contribution is -2.39. The molecule has 1 aromatic heterocycles. The molecule has 2 heterocycles. The van der Waals surface area contributed by atoms with Gasteiger partial charge >= 0.3 is 0 Å². The number of aliphatic hydroxyl groups is 1. The Morgan fingerprint density at radius 3 is 2.86 bits per heavy atom. The predicted octanol–water partition coefficient (Wildman–Crippen LogP) is 3.25. The Labute approximate surface area is 131 Å². The molecule has 0 bridgehead atoms. The molecule has 0 saturated carbocycles. The van der Waals surface area contributed by atoms with Crippen molar-refractivity contribution in [2.24, 2.45) is 5.92 Å². The van der Waals surface area contributed by atoms with Crippen LogP contribution in [0, 0.1) is 5.92 Å². The molecule has 0 aromatic carbocycles. The largest absolute Gasteiger partial charge is 0.394 e. The van der Waals surface area contributed by atoms with Crippen LogP contribution in [0.1, 0.15) is 59.1 Å². The fourth-order valence-electron chi connectivity index (χ4n) is 3.63. The van der Waals surface area contributed by atoms with Crippen LogP contribution in [-0.2, 0) is 12.8 Å². The number of aliphatic hydroxyl groups excluding tert-OH is 1. The highest BCUT2D eigenvalue weighted by Crippen LogP contribution is 2.32. The van der Waals surface area contributed by atoms with E-state index in [1.54, 1.807) is 11.3 Å². The first-order chi connectivity index (χ1) is 10.2. The molecular formula is C17H25NO2S. The zero-order valence-electron chi connectivity index (χ0n) is 12.8. The van der Waals surface area contributed by atoms with Crippen LogP contribution >= 0.6 is 11.3 Å². The van der Waals surface area contributed by atoms with E-state index in [0.29, 0.717) is 5.92 Å². The van der Waals surface area contributed by atoms with Crippen molar-refractivity contribution in [2.45, 2.75) is 57.9 Å². The summed E-state index contributed by atoms with van der Waals surface area (Å²) in [6.45, 7) is 2.99. The Balaban J connectivity index is 1.80. The summed E-state index contributed by atoms with van der Waals surface area (Å²) < 4.78 is 0. The number of carbonyl (C=O) groups is 1. The van der Waals surface area contributed by atoms with Gasteiger partial charge in [0.05, 0.1) is 17.5 Å². The number of fused-ring (bicyclic) bond motifs is 1. The minimum absolute atomic E-state index is 0.00202. The number of nitrogens with zero attached hydrogens (tertiary/aromatic N) is 1. The highest BCUT2D eigenvalue weighted by molar-refractivity contribution is 7.14. The van der Waals surface area contributed by atoms with Gasteiger partial charge in [0.25, 0.3) is 5.91 Å². The second kappa shape index (κ2) is 6.49. The third-order valence-electron chi connectivity index (χ3n) is 5.04. The van der Waals surface area contributed by atoms with Gasteiger partial charge in [-0.05, 0) is 49.7 Å². The summed E-state index contributed by atoms with van der Waals surface area (Å²) in [7, 11) is 0. The molecule has 3 rings (SSSR count). The highest BCUT2D eigenvalue weighted by Gasteiger charge is 2.35. The van der Waals surface area contributed by atoms with Gasteiger partial charge in [-0.2, -0.15) is 0 Å². The maximum absolute atomic E-state index is 12.8. The zero-order valence-corrected chi connectivity index (χ0v) is 13.6.